The van der Waals surface area contributed by atoms with Gasteiger partial charge in [-0.05, 0) is 13.1 Å². The van der Waals surface area contributed by atoms with E-state index in [-0.39, 0.29) is 5.88 Å². The molecule has 0 spiro atoms. The predicted molar refractivity (Wildman–Crippen MR) is 55.6 cm³/mol. The van der Waals surface area contributed by atoms with E-state index in [0.717, 1.165) is 32.0 Å². The molecule has 2 rings (SSSR count). The fraction of sp³-hybridized carbons (Fsp3) is 0.500. The monoisotopic (exact) mass is 193 g/mol. The van der Waals surface area contributed by atoms with Gasteiger partial charge in [0.1, 0.15) is 5.82 Å². The first-order chi connectivity index (χ1) is 6.75. The van der Waals surface area contributed by atoms with Crippen LogP contribution in [0.1, 0.15) is 0 Å². The summed E-state index contributed by atoms with van der Waals surface area (Å²) >= 11 is 0. The van der Waals surface area contributed by atoms with E-state index in [4.69, 9.17) is 0 Å². The van der Waals surface area contributed by atoms with Crippen LogP contribution in [0, 0.1) is 0 Å². The molecule has 0 aliphatic carbocycles. The van der Waals surface area contributed by atoms with Crippen LogP contribution in [0.2, 0.25) is 0 Å². The normalized spacial score (nSPS) is 18.5. The number of anilines is 1. The molecule has 1 aromatic rings. The Hall–Kier alpha value is -1.29. The van der Waals surface area contributed by atoms with Gasteiger partial charge in [-0.1, -0.05) is 6.07 Å². The molecule has 76 valence electrons. The first-order valence-electron chi connectivity index (χ1n) is 4.85. The van der Waals surface area contributed by atoms with Crippen molar-refractivity contribution in [1.29, 1.82) is 0 Å². The minimum atomic E-state index is 0.0985. The van der Waals surface area contributed by atoms with Crippen LogP contribution >= 0.6 is 0 Å². The highest BCUT2D eigenvalue weighted by Gasteiger charge is 2.14. The molecule has 1 saturated heterocycles. The molecule has 1 aliphatic rings. The first kappa shape index (κ1) is 9.27. The molecule has 0 amide bonds. The zero-order valence-corrected chi connectivity index (χ0v) is 8.35. The number of hydrogen-bond acceptors (Lipinski definition) is 4. The maximum atomic E-state index is 9.25. The van der Waals surface area contributed by atoms with Gasteiger partial charge in [-0.2, -0.15) is 4.98 Å². The van der Waals surface area contributed by atoms with Crippen molar-refractivity contribution in [3.63, 3.8) is 0 Å². The number of pyridine rings is 1. The van der Waals surface area contributed by atoms with E-state index in [0.29, 0.717) is 0 Å². The number of likely N-dealkylation sites (N-methyl/N-ethyl adjacent to an activating group) is 1. The molecule has 1 aromatic heterocycles. The Morgan fingerprint density at radius 2 is 1.93 bits per heavy atom. The zero-order chi connectivity index (χ0) is 9.97. The zero-order valence-electron chi connectivity index (χ0n) is 8.35. The molecule has 0 atom stereocenters. The Bertz CT molecular complexity index is 308. The second kappa shape index (κ2) is 3.84. The third-order valence-corrected chi connectivity index (χ3v) is 2.55. The van der Waals surface area contributed by atoms with Gasteiger partial charge >= 0.3 is 0 Å². The molecule has 0 aromatic carbocycles. The summed E-state index contributed by atoms with van der Waals surface area (Å²) in [5.74, 6) is 0.972. The van der Waals surface area contributed by atoms with Crippen molar-refractivity contribution in [1.82, 2.24) is 9.88 Å². The molecule has 1 aliphatic heterocycles. The lowest BCUT2D eigenvalue weighted by Crippen LogP contribution is -2.44. The van der Waals surface area contributed by atoms with E-state index in [1.807, 2.05) is 12.1 Å². The largest absolute Gasteiger partial charge is 0.493 e. The second-order valence-corrected chi connectivity index (χ2v) is 3.64. The van der Waals surface area contributed by atoms with Gasteiger partial charge in [-0.3, -0.25) is 0 Å². The van der Waals surface area contributed by atoms with E-state index in [2.05, 4.69) is 21.8 Å². The van der Waals surface area contributed by atoms with Crippen LogP contribution in [-0.2, 0) is 0 Å². The van der Waals surface area contributed by atoms with Gasteiger partial charge in [0.05, 0.1) is 0 Å². The topological polar surface area (TPSA) is 39.6 Å². The molecular weight excluding hydrogens is 178 g/mol. The fourth-order valence-corrected chi connectivity index (χ4v) is 1.62. The molecule has 1 N–H and O–H groups in total. The Balaban J connectivity index is 2.08. The van der Waals surface area contributed by atoms with Crippen molar-refractivity contribution in [2.24, 2.45) is 0 Å². The summed E-state index contributed by atoms with van der Waals surface area (Å²) in [5.41, 5.74) is 0. The van der Waals surface area contributed by atoms with Gasteiger partial charge in [0.2, 0.25) is 5.88 Å². The highest BCUT2D eigenvalue weighted by Crippen LogP contribution is 2.15. The highest BCUT2D eigenvalue weighted by molar-refractivity contribution is 5.40. The third-order valence-electron chi connectivity index (χ3n) is 2.55. The summed E-state index contributed by atoms with van der Waals surface area (Å²) in [5, 5.41) is 9.25. The van der Waals surface area contributed by atoms with Crippen LogP contribution in [-0.4, -0.2) is 48.2 Å². The van der Waals surface area contributed by atoms with Gasteiger partial charge in [0.15, 0.2) is 0 Å². The van der Waals surface area contributed by atoms with Crippen LogP contribution in [0.5, 0.6) is 5.88 Å². The molecule has 1 fully saturated rings. The number of hydrogen-bond donors (Lipinski definition) is 1. The maximum Gasteiger partial charge on any atom is 0.212 e. The van der Waals surface area contributed by atoms with Crippen LogP contribution in [0.4, 0.5) is 5.82 Å². The number of piperazine rings is 1. The standard InChI is InChI=1S/C10H15N3O/c1-12-5-7-13(8-6-12)9-3-2-4-10(14)11-9/h2-4H,5-8H2,1H3,(H,11,14). The van der Waals surface area contributed by atoms with Crippen LogP contribution in [0.25, 0.3) is 0 Å². The first-order valence-corrected chi connectivity index (χ1v) is 4.85. The van der Waals surface area contributed by atoms with Gasteiger partial charge in [-0.15, -0.1) is 0 Å². The minimum Gasteiger partial charge on any atom is -0.493 e. The minimum absolute atomic E-state index is 0.0985. The molecule has 0 bridgehead atoms. The van der Waals surface area contributed by atoms with Crippen molar-refractivity contribution >= 4 is 5.82 Å². The lowest BCUT2D eigenvalue weighted by atomic mass is 10.3. The van der Waals surface area contributed by atoms with Crippen LogP contribution in [0.3, 0.4) is 0 Å². The maximum absolute atomic E-state index is 9.25. The van der Waals surface area contributed by atoms with Gasteiger partial charge in [-0.25, -0.2) is 0 Å². The fourth-order valence-electron chi connectivity index (χ4n) is 1.62. The quantitative estimate of drug-likeness (QED) is 0.706. The predicted octanol–water partition coefficient (Wildman–Crippen LogP) is 0.539. The molecule has 4 heteroatoms. The molecule has 0 saturated carbocycles. The van der Waals surface area contributed by atoms with E-state index in [1.165, 1.54) is 0 Å². The number of aromatic nitrogens is 1. The van der Waals surface area contributed by atoms with Gasteiger partial charge < -0.3 is 14.9 Å². The van der Waals surface area contributed by atoms with Crippen molar-refractivity contribution in [2.45, 2.75) is 0 Å². The van der Waals surface area contributed by atoms with Gasteiger partial charge in [0.25, 0.3) is 0 Å². The average Bonchev–Trinajstić information content (AvgIpc) is 2.19. The van der Waals surface area contributed by atoms with Crippen molar-refractivity contribution < 1.29 is 5.11 Å². The van der Waals surface area contributed by atoms with Crippen LogP contribution in [0.15, 0.2) is 18.2 Å². The summed E-state index contributed by atoms with van der Waals surface area (Å²) in [6.45, 7) is 4.06. The van der Waals surface area contributed by atoms with E-state index in [9.17, 15) is 5.11 Å². The second-order valence-electron chi connectivity index (χ2n) is 3.64. The Kier molecular flexibility index (Phi) is 2.54. The van der Waals surface area contributed by atoms with E-state index < -0.39 is 0 Å². The lowest BCUT2D eigenvalue weighted by molar-refractivity contribution is 0.311. The van der Waals surface area contributed by atoms with Crippen molar-refractivity contribution in [3.05, 3.63) is 18.2 Å². The number of nitrogens with zero attached hydrogens (tertiary/aromatic N) is 3. The molecule has 4 nitrogen and oxygen atoms in total. The molecule has 2 heterocycles. The van der Waals surface area contributed by atoms with Crippen molar-refractivity contribution in [3.8, 4) is 5.88 Å². The summed E-state index contributed by atoms with van der Waals surface area (Å²) in [6.07, 6.45) is 0. The lowest BCUT2D eigenvalue weighted by Gasteiger charge is -2.33. The molecule has 14 heavy (non-hydrogen) atoms. The summed E-state index contributed by atoms with van der Waals surface area (Å²) in [6, 6.07) is 5.36. The summed E-state index contributed by atoms with van der Waals surface area (Å²) < 4.78 is 0. The molecule has 0 radical (unpaired) electrons. The van der Waals surface area contributed by atoms with E-state index in [1.54, 1.807) is 6.07 Å². The van der Waals surface area contributed by atoms with Gasteiger partial charge in [0, 0.05) is 32.2 Å². The van der Waals surface area contributed by atoms with E-state index >= 15 is 0 Å². The smallest absolute Gasteiger partial charge is 0.212 e. The average molecular weight is 193 g/mol. The van der Waals surface area contributed by atoms with Crippen LogP contribution < -0.4 is 4.90 Å². The Labute approximate surface area is 83.8 Å². The number of aromatic hydroxyl groups is 1. The Morgan fingerprint density at radius 1 is 1.21 bits per heavy atom. The molecular formula is C10H15N3O. The Morgan fingerprint density at radius 3 is 2.57 bits per heavy atom. The summed E-state index contributed by atoms with van der Waals surface area (Å²) in [7, 11) is 2.12. The highest BCUT2D eigenvalue weighted by atomic mass is 16.3. The summed E-state index contributed by atoms with van der Waals surface area (Å²) in [4.78, 5) is 8.57. The molecule has 0 unspecified atom stereocenters. The third kappa shape index (κ3) is 1.96. The van der Waals surface area contributed by atoms with Crippen molar-refractivity contribution in [2.75, 3.05) is 38.1 Å². The SMILES string of the molecule is CN1CCN(c2cccc(O)n2)CC1. The number of rotatable bonds is 1.